The summed E-state index contributed by atoms with van der Waals surface area (Å²) >= 11 is 3.41. The zero-order valence-electron chi connectivity index (χ0n) is 8.16. The van der Waals surface area contributed by atoms with Gasteiger partial charge in [-0.2, -0.15) is 0 Å². The third kappa shape index (κ3) is 2.10. The SMILES string of the molecule is CN(C)C(CN)c1c(Br)ncn1C. The van der Waals surface area contributed by atoms with Crippen LogP contribution in [0.3, 0.4) is 0 Å². The molecule has 4 nitrogen and oxygen atoms in total. The Kier molecular flexibility index (Phi) is 3.47. The van der Waals surface area contributed by atoms with E-state index in [-0.39, 0.29) is 6.04 Å². The summed E-state index contributed by atoms with van der Waals surface area (Å²) in [5.74, 6) is 0. The Morgan fingerprint density at radius 1 is 1.69 bits per heavy atom. The lowest BCUT2D eigenvalue weighted by atomic mass is 10.2. The smallest absolute Gasteiger partial charge is 0.128 e. The molecule has 5 heteroatoms. The number of imidazole rings is 1. The van der Waals surface area contributed by atoms with Crippen molar-refractivity contribution >= 4 is 15.9 Å². The summed E-state index contributed by atoms with van der Waals surface area (Å²) in [6.45, 7) is 0.588. The summed E-state index contributed by atoms with van der Waals surface area (Å²) in [6, 6.07) is 0.210. The monoisotopic (exact) mass is 246 g/mol. The van der Waals surface area contributed by atoms with Crippen molar-refractivity contribution in [3.8, 4) is 0 Å². The molecule has 1 heterocycles. The average molecular weight is 247 g/mol. The van der Waals surface area contributed by atoms with Crippen molar-refractivity contribution in [1.29, 1.82) is 0 Å². The summed E-state index contributed by atoms with van der Waals surface area (Å²) in [6.07, 6.45) is 1.78. The first-order chi connectivity index (χ1) is 6.07. The zero-order valence-corrected chi connectivity index (χ0v) is 9.74. The molecule has 2 N–H and O–H groups in total. The molecule has 0 saturated carbocycles. The topological polar surface area (TPSA) is 47.1 Å². The van der Waals surface area contributed by atoms with Crippen molar-refractivity contribution < 1.29 is 0 Å². The maximum Gasteiger partial charge on any atom is 0.128 e. The third-order valence-electron chi connectivity index (χ3n) is 2.10. The van der Waals surface area contributed by atoms with E-state index >= 15 is 0 Å². The largest absolute Gasteiger partial charge is 0.335 e. The van der Waals surface area contributed by atoms with E-state index in [1.54, 1.807) is 6.33 Å². The third-order valence-corrected chi connectivity index (χ3v) is 2.71. The van der Waals surface area contributed by atoms with Crippen molar-refractivity contribution in [2.24, 2.45) is 12.8 Å². The molecule has 0 radical (unpaired) electrons. The molecular weight excluding hydrogens is 232 g/mol. The first-order valence-electron chi connectivity index (χ1n) is 4.11. The van der Waals surface area contributed by atoms with Gasteiger partial charge < -0.3 is 10.3 Å². The minimum Gasteiger partial charge on any atom is -0.335 e. The van der Waals surface area contributed by atoms with Crippen molar-refractivity contribution in [3.63, 3.8) is 0 Å². The number of hydrogen-bond donors (Lipinski definition) is 1. The average Bonchev–Trinajstić information content (AvgIpc) is 2.36. The van der Waals surface area contributed by atoms with Gasteiger partial charge in [0.05, 0.1) is 18.1 Å². The van der Waals surface area contributed by atoms with Crippen LogP contribution in [-0.4, -0.2) is 35.1 Å². The minimum absolute atomic E-state index is 0.210. The van der Waals surface area contributed by atoms with Crippen LogP contribution in [0.15, 0.2) is 10.9 Å². The molecule has 1 unspecified atom stereocenters. The van der Waals surface area contributed by atoms with Gasteiger partial charge in [-0.15, -0.1) is 0 Å². The highest BCUT2D eigenvalue weighted by Crippen LogP contribution is 2.23. The molecule has 0 aromatic carbocycles. The van der Waals surface area contributed by atoms with Crippen LogP contribution in [0.5, 0.6) is 0 Å². The van der Waals surface area contributed by atoms with E-state index in [0.29, 0.717) is 6.54 Å². The fourth-order valence-corrected chi connectivity index (χ4v) is 1.99. The van der Waals surface area contributed by atoms with Crippen molar-refractivity contribution in [3.05, 3.63) is 16.6 Å². The van der Waals surface area contributed by atoms with Crippen LogP contribution in [0.1, 0.15) is 11.7 Å². The van der Waals surface area contributed by atoms with E-state index in [0.717, 1.165) is 10.3 Å². The Balaban J connectivity index is 3.03. The highest BCUT2D eigenvalue weighted by Gasteiger charge is 2.18. The fraction of sp³-hybridized carbons (Fsp3) is 0.625. The Hall–Kier alpha value is -0.390. The predicted molar refractivity (Wildman–Crippen MR) is 56.4 cm³/mol. The van der Waals surface area contributed by atoms with Crippen LogP contribution in [0.4, 0.5) is 0 Å². The molecule has 74 valence electrons. The molecule has 1 aromatic heterocycles. The maximum atomic E-state index is 5.70. The summed E-state index contributed by atoms with van der Waals surface area (Å²) in [5, 5.41) is 0. The first kappa shape index (κ1) is 10.7. The highest BCUT2D eigenvalue weighted by molar-refractivity contribution is 9.10. The van der Waals surface area contributed by atoms with Gasteiger partial charge in [0.15, 0.2) is 0 Å². The van der Waals surface area contributed by atoms with E-state index in [2.05, 4.69) is 25.8 Å². The van der Waals surface area contributed by atoms with Crippen LogP contribution < -0.4 is 5.73 Å². The quantitative estimate of drug-likeness (QED) is 0.857. The van der Waals surface area contributed by atoms with Crippen molar-refractivity contribution in [2.75, 3.05) is 20.6 Å². The van der Waals surface area contributed by atoms with Gasteiger partial charge in [-0.3, -0.25) is 4.90 Å². The highest BCUT2D eigenvalue weighted by atomic mass is 79.9. The second kappa shape index (κ2) is 4.21. The van der Waals surface area contributed by atoms with Crippen molar-refractivity contribution in [2.45, 2.75) is 6.04 Å². The zero-order chi connectivity index (χ0) is 10.0. The van der Waals surface area contributed by atoms with Gasteiger partial charge in [0.2, 0.25) is 0 Å². The lowest BCUT2D eigenvalue weighted by Crippen LogP contribution is -2.29. The van der Waals surface area contributed by atoms with Crippen LogP contribution >= 0.6 is 15.9 Å². The molecule has 1 aromatic rings. The van der Waals surface area contributed by atoms with Crippen LogP contribution in [0.25, 0.3) is 0 Å². The molecule has 1 atom stereocenters. The molecule has 0 saturated heterocycles. The lowest BCUT2D eigenvalue weighted by molar-refractivity contribution is 0.294. The number of aryl methyl sites for hydroxylation is 1. The first-order valence-corrected chi connectivity index (χ1v) is 4.90. The van der Waals surface area contributed by atoms with E-state index < -0.39 is 0 Å². The molecule has 0 amide bonds. The van der Waals surface area contributed by atoms with Gasteiger partial charge in [-0.25, -0.2) is 4.98 Å². The standard InChI is InChI=1S/C8H15BrN4/c1-12(2)6(4-10)7-8(9)11-5-13(7)3/h5-6H,4,10H2,1-3H3. The summed E-state index contributed by atoms with van der Waals surface area (Å²) in [5.41, 5.74) is 6.82. The molecule has 0 spiro atoms. The second-order valence-corrected chi connectivity index (χ2v) is 4.00. The molecule has 0 aliphatic carbocycles. The molecule has 13 heavy (non-hydrogen) atoms. The van der Waals surface area contributed by atoms with Crippen LogP contribution in [0.2, 0.25) is 0 Å². The van der Waals surface area contributed by atoms with Gasteiger partial charge in [0.25, 0.3) is 0 Å². The number of nitrogens with two attached hydrogens (primary N) is 1. The Labute approximate surface area is 86.9 Å². The number of halogens is 1. The molecular formula is C8H15BrN4. The maximum absolute atomic E-state index is 5.70. The second-order valence-electron chi connectivity index (χ2n) is 3.25. The number of hydrogen-bond acceptors (Lipinski definition) is 3. The fourth-order valence-electron chi connectivity index (χ4n) is 1.35. The number of nitrogens with zero attached hydrogens (tertiary/aromatic N) is 3. The summed E-state index contributed by atoms with van der Waals surface area (Å²) < 4.78 is 2.86. The number of aromatic nitrogens is 2. The van der Waals surface area contributed by atoms with Gasteiger partial charge >= 0.3 is 0 Å². The summed E-state index contributed by atoms with van der Waals surface area (Å²) in [7, 11) is 5.99. The number of likely N-dealkylation sites (N-methyl/N-ethyl adjacent to an activating group) is 1. The molecule has 0 aliphatic heterocycles. The predicted octanol–water partition coefficient (Wildman–Crippen LogP) is 0.744. The minimum atomic E-state index is 0.210. The number of rotatable bonds is 3. The van der Waals surface area contributed by atoms with E-state index in [9.17, 15) is 0 Å². The van der Waals surface area contributed by atoms with Gasteiger partial charge in [-0.05, 0) is 30.0 Å². The lowest BCUT2D eigenvalue weighted by Gasteiger charge is -2.23. The molecule has 0 aliphatic rings. The Bertz CT molecular complexity index is 262. The molecule has 1 rings (SSSR count). The van der Waals surface area contributed by atoms with Crippen LogP contribution in [-0.2, 0) is 7.05 Å². The molecule has 0 bridgehead atoms. The van der Waals surface area contributed by atoms with E-state index in [1.807, 2.05) is 25.7 Å². The Morgan fingerprint density at radius 2 is 2.31 bits per heavy atom. The van der Waals surface area contributed by atoms with E-state index in [4.69, 9.17) is 5.73 Å². The van der Waals surface area contributed by atoms with Crippen LogP contribution in [0, 0.1) is 0 Å². The Morgan fingerprint density at radius 3 is 2.62 bits per heavy atom. The normalized spacial score (nSPS) is 13.7. The van der Waals surface area contributed by atoms with Crippen molar-refractivity contribution in [1.82, 2.24) is 14.5 Å². The van der Waals surface area contributed by atoms with Gasteiger partial charge in [0.1, 0.15) is 4.60 Å². The molecule has 0 fully saturated rings. The van der Waals surface area contributed by atoms with Gasteiger partial charge in [0, 0.05) is 13.6 Å². The van der Waals surface area contributed by atoms with Gasteiger partial charge in [-0.1, -0.05) is 0 Å². The summed E-state index contributed by atoms with van der Waals surface area (Å²) in [4.78, 5) is 6.25. The van der Waals surface area contributed by atoms with E-state index in [1.165, 1.54) is 0 Å².